The van der Waals surface area contributed by atoms with Crippen LogP contribution < -0.4 is 4.90 Å². The Bertz CT molecular complexity index is 3600. The zero-order chi connectivity index (χ0) is 39.6. The van der Waals surface area contributed by atoms with Gasteiger partial charge in [0.25, 0.3) is 0 Å². The smallest absolute Gasteiger partial charge is 0.0640 e. The summed E-state index contributed by atoms with van der Waals surface area (Å²) in [6, 6.07) is 82.5. The van der Waals surface area contributed by atoms with E-state index in [1.807, 2.05) is 11.3 Å². The van der Waals surface area contributed by atoms with Crippen LogP contribution in [-0.4, -0.2) is 0 Å². The van der Waals surface area contributed by atoms with E-state index >= 15 is 0 Å². The van der Waals surface area contributed by atoms with Gasteiger partial charge in [-0.05, 0) is 137 Å². The van der Waals surface area contributed by atoms with Gasteiger partial charge in [0.15, 0.2) is 0 Å². The summed E-state index contributed by atoms with van der Waals surface area (Å²) in [5.74, 6) is 0. The molecular formula is C58H37NS. The first-order chi connectivity index (χ1) is 29.7. The summed E-state index contributed by atoms with van der Waals surface area (Å²) in [6.45, 7) is 0. The lowest BCUT2D eigenvalue weighted by Gasteiger charge is -2.26. The Kier molecular flexibility index (Phi) is 8.11. The Morgan fingerprint density at radius 2 is 0.683 bits per heavy atom. The molecule has 0 N–H and O–H groups in total. The second-order valence-electron chi connectivity index (χ2n) is 15.7. The first-order valence-corrected chi connectivity index (χ1v) is 21.4. The molecule has 0 aliphatic carbocycles. The Morgan fingerprint density at radius 3 is 1.23 bits per heavy atom. The molecule has 0 aliphatic rings. The molecule has 0 aliphatic heterocycles. The van der Waals surface area contributed by atoms with E-state index < -0.39 is 0 Å². The molecule has 11 aromatic carbocycles. The van der Waals surface area contributed by atoms with Crippen molar-refractivity contribution in [1.29, 1.82) is 0 Å². The van der Waals surface area contributed by atoms with Crippen LogP contribution in [0, 0.1) is 0 Å². The minimum Gasteiger partial charge on any atom is -0.309 e. The van der Waals surface area contributed by atoms with Gasteiger partial charge in [-0.25, -0.2) is 0 Å². The van der Waals surface area contributed by atoms with Crippen LogP contribution in [0.25, 0.3) is 96.6 Å². The molecule has 12 aromatic rings. The van der Waals surface area contributed by atoms with Crippen LogP contribution in [0.1, 0.15) is 0 Å². The Balaban J connectivity index is 0.937. The summed E-state index contributed by atoms with van der Waals surface area (Å²) in [6.07, 6.45) is 0. The van der Waals surface area contributed by atoms with E-state index in [2.05, 4.69) is 229 Å². The summed E-state index contributed by atoms with van der Waals surface area (Å²) in [7, 11) is 0. The van der Waals surface area contributed by atoms with Gasteiger partial charge in [0.05, 0.1) is 10.4 Å². The van der Waals surface area contributed by atoms with Crippen LogP contribution in [0.5, 0.6) is 0 Å². The molecule has 1 aromatic heterocycles. The Labute approximate surface area is 352 Å². The number of rotatable bonds is 6. The van der Waals surface area contributed by atoms with Gasteiger partial charge in [-0.15, -0.1) is 11.3 Å². The lowest BCUT2D eigenvalue weighted by molar-refractivity contribution is 1.30. The van der Waals surface area contributed by atoms with Gasteiger partial charge in [-0.3, -0.25) is 0 Å². The third-order valence-corrected chi connectivity index (χ3v) is 13.4. The molecule has 0 bridgehead atoms. The fourth-order valence-electron chi connectivity index (χ4n) is 9.11. The molecule has 0 unspecified atom stereocenters. The summed E-state index contributed by atoms with van der Waals surface area (Å²) in [5, 5.41) is 12.7. The van der Waals surface area contributed by atoms with Crippen LogP contribution in [0.3, 0.4) is 0 Å². The number of benzene rings is 11. The van der Waals surface area contributed by atoms with Gasteiger partial charge < -0.3 is 4.90 Å². The fourth-order valence-corrected chi connectivity index (χ4v) is 10.3. The molecular weight excluding hydrogens is 743 g/mol. The zero-order valence-electron chi connectivity index (χ0n) is 32.7. The highest BCUT2D eigenvalue weighted by Gasteiger charge is 2.19. The highest BCUT2D eigenvalue weighted by Crippen LogP contribution is 2.47. The van der Waals surface area contributed by atoms with E-state index in [-0.39, 0.29) is 0 Å². The normalized spacial score (nSPS) is 11.7. The van der Waals surface area contributed by atoms with Gasteiger partial charge >= 0.3 is 0 Å². The fraction of sp³-hybridized carbons (Fsp3) is 0. The van der Waals surface area contributed by atoms with E-state index in [1.165, 1.54) is 102 Å². The highest BCUT2D eigenvalue weighted by molar-refractivity contribution is 7.26. The molecule has 0 saturated carbocycles. The third-order valence-electron chi connectivity index (χ3n) is 12.2. The van der Waals surface area contributed by atoms with Gasteiger partial charge in [-0.2, -0.15) is 0 Å². The van der Waals surface area contributed by atoms with Gasteiger partial charge in [0.1, 0.15) is 0 Å². The van der Waals surface area contributed by atoms with Crippen molar-refractivity contribution in [2.45, 2.75) is 0 Å². The van der Waals surface area contributed by atoms with Crippen LogP contribution in [-0.2, 0) is 0 Å². The van der Waals surface area contributed by atoms with Crippen molar-refractivity contribution in [3.8, 4) is 33.4 Å². The van der Waals surface area contributed by atoms with Crippen molar-refractivity contribution in [3.63, 3.8) is 0 Å². The maximum Gasteiger partial charge on any atom is 0.0640 e. The third kappa shape index (κ3) is 5.92. The summed E-state index contributed by atoms with van der Waals surface area (Å²) >= 11 is 1.88. The molecule has 0 saturated heterocycles. The quantitative estimate of drug-likeness (QED) is 0.162. The summed E-state index contributed by atoms with van der Waals surface area (Å²) in [5.41, 5.74) is 10.7. The van der Waals surface area contributed by atoms with E-state index in [0.29, 0.717) is 0 Å². The predicted octanol–water partition coefficient (Wildman–Crippen LogP) is 17.1. The number of hydrogen-bond donors (Lipinski definition) is 0. The standard InChI is InChI=1S/C58H37NS/c1-3-11-43-34-45(18-16-38(43)8-1)40-24-29-51(30-25-40)59(55-15-7-14-54-57-53-13-6-5-10-42(53)28-33-56(57)60-58(54)55)52-31-26-41(27-32-52)46-20-21-49-37-50(23-22-48(49)36-46)47-19-17-39-9-2-4-12-44(39)35-47/h1-37H. The van der Waals surface area contributed by atoms with Gasteiger partial charge in [-0.1, -0.05) is 164 Å². The van der Waals surface area contributed by atoms with Crippen molar-refractivity contribution in [1.82, 2.24) is 0 Å². The van der Waals surface area contributed by atoms with Crippen LogP contribution in [0.15, 0.2) is 224 Å². The highest BCUT2D eigenvalue weighted by atomic mass is 32.1. The summed E-state index contributed by atoms with van der Waals surface area (Å²) in [4.78, 5) is 2.43. The molecule has 1 nitrogen and oxygen atoms in total. The molecule has 60 heavy (non-hydrogen) atoms. The van der Waals surface area contributed by atoms with E-state index in [4.69, 9.17) is 0 Å². The first-order valence-electron chi connectivity index (χ1n) is 20.6. The lowest BCUT2D eigenvalue weighted by atomic mass is 9.96. The maximum atomic E-state index is 2.43. The van der Waals surface area contributed by atoms with Crippen molar-refractivity contribution in [3.05, 3.63) is 224 Å². The zero-order valence-corrected chi connectivity index (χ0v) is 33.5. The molecule has 0 fully saturated rings. The molecule has 280 valence electrons. The van der Waals surface area contributed by atoms with E-state index in [0.717, 1.165) is 11.4 Å². The second-order valence-corrected chi connectivity index (χ2v) is 16.8. The van der Waals surface area contributed by atoms with Crippen LogP contribution in [0.2, 0.25) is 0 Å². The van der Waals surface area contributed by atoms with Crippen molar-refractivity contribution in [2.24, 2.45) is 0 Å². The number of hydrogen-bond acceptors (Lipinski definition) is 2. The first kappa shape index (κ1) is 34.5. The average Bonchev–Trinajstić information content (AvgIpc) is 3.72. The molecule has 0 atom stereocenters. The largest absolute Gasteiger partial charge is 0.309 e. The Morgan fingerprint density at radius 1 is 0.283 bits per heavy atom. The monoisotopic (exact) mass is 779 g/mol. The van der Waals surface area contributed by atoms with Crippen LogP contribution in [0.4, 0.5) is 17.1 Å². The average molecular weight is 780 g/mol. The van der Waals surface area contributed by atoms with Crippen molar-refractivity contribution >= 4 is 91.7 Å². The van der Waals surface area contributed by atoms with E-state index in [9.17, 15) is 0 Å². The number of thiophene rings is 1. The van der Waals surface area contributed by atoms with E-state index in [1.54, 1.807) is 0 Å². The lowest BCUT2D eigenvalue weighted by Crippen LogP contribution is -2.10. The molecule has 0 radical (unpaired) electrons. The summed E-state index contributed by atoms with van der Waals surface area (Å²) < 4.78 is 2.59. The van der Waals surface area contributed by atoms with Gasteiger partial charge in [0.2, 0.25) is 0 Å². The van der Waals surface area contributed by atoms with Crippen molar-refractivity contribution < 1.29 is 0 Å². The van der Waals surface area contributed by atoms with Crippen molar-refractivity contribution in [2.75, 3.05) is 4.90 Å². The molecule has 12 rings (SSSR count). The topological polar surface area (TPSA) is 3.24 Å². The van der Waals surface area contributed by atoms with Crippen LogP contribution >= 0.6 is 11.3 Å². The SMILES string of the molecule is c1ccc2cc(-c3ccc(N(c4ccc(-c5ccc6cc(-c7ccc8ccccc8c7)ccc6c5)cc4)c4cccc5c4sc4ccc6ccccc6c45)cc3)ccc2c1. The number of nitrogens with zero attached hydrogens (tertiary/aromatic N) is 1. The molecule has 0 amide bonds. The Hall–Kier alpha value is -7.52. The maximum absolute atomic E-state index is 2.43. The van der Waals surface area contributed by atoms with Gasteiger partial charge in [0, 0.05) is 26.8 Å². The molecule has 1 heterocycles. The minimum atomic E-state index is 1.12. The number of anilines is 3. The predicted molar refractivity (Wildman–Crippen MR) is 260 cm³/mol. The number of fused-ring (bicyclic) bond motifs is 8. The second kappa shape index (κ2) is 14.1. The molecule has 2 heteroatoms. The molecule has 0 spiro atoms. The minimum absolute atomic E-state index is 1.12.